The van der Waals surface area contributed by atoms with Gasteiger partial charge in [-0.2, -0.15) is 0 Å². The zero-order valence-electron chi connectivity index (χ0n) is 17.1. The van der Waals surface area contributed by atoms with Gasteiger partial charge in [0.15, 0.2) is 0 Å². The van der Waals surface area contributed by atoms with Gasteiger partial charge < -0.3 is 15.4 Å². The van der Waals surface area contributed by atoms with E-state index in [-0.39, 0.29) is 29.9 Å². The smallest absolute Gasteiger partial charge is 0.406 e. The molecular formula is C22H24F3N3O3. The summed E-state index contributed by atoms with van der Waals surface area (Å²) in [6.45, 7) is 3.78. The van der Waals surface area contributed by atoms with Crippen LogP contribution in [0, 0.1) is 5.92 Å². The number of hydrogen-bond donors (Lipinski definition) is 3. The average Bonchev–Trinajstić information content (AvgIpc) is 2.71. The maximum Gasteiger partial charge on any atom is 0.573 e. The van der Waals surface area contributed by atoms with E-state index in [2.05, 4.69) is 20.7 Å². The third-order valence-electron chi connectivity index (χ3n) is 4.95. The highest BCUT2D eigenvalue weighted by atomic mass is 19.4. The summed E-state index contributed by atoms with van der Waals surface area (Å²) in [4.78, 5) is 25.1. The molecule has 0 spiro atoms. The van der Waals surface area contributed by atoms with Crippen LogP contribution in [0.15, 0.2) is 54.6 Å². The molecule has 6 nitrogen and oxygen atoms in total. The molecule has 31 heavy (non-hydrogen) atoms. The van der Waals surface area contributed by atoms with Gasteiger partial charge in [0, 0.05) is 0 Å². The van der Waals surface area contributed by atoms with Crippen LogP contribution < -0.4 is 20.7 Å². The Bertz CT molecular complexity index is 902. The first-order valence-electron chi connectivity index (χ1n) is 9.89. The number of amides is 2. The van der Waals surface area contributed by atoms with Crippen LogP contribution in [-0.2, 0) is 9.59 Å². The highest BCUT2D eigenvalue weighted by Gasteiger charge is 2.33. The second-order valence-electron chi connectivity index (χ2n) is 7.68. The Morgan fingerprint density at radius 1 is 1.10 bits per heavy atom. The lowest BCUT2D eigenvalue weighted by atomic mass is 9.95. The summed E-state index contributed by atoms with van der Waals surface area (Å²) in [5, 5.41) is 8.87. The third kappa shape index (κ3) is 6.21. The molecular weight excluding hydrogens is 411 g/mol. The summed E-state index contributed by atoms with van der Waals surface area (Å²) in [6.07, 6.45) is -5.27. The highest BCUT2D eigenvalue weighted by molar-refractivity contribution is 5.90. The molecule has 2 amide bonds. The number of ether oxygens (including phenoxy) is 1. The van der Waals surface area contributed by atoms with Crippen molar-refractivity contribution in [1.82, 2.24) is 16.0 Å². The van der Waals surface area contributed by atoms with Crippen molar-refractivity contribution < 1.29 is 27.5 Å². The van der Waals surface area contributed by atoms with E-state index < -0.39 is 24.6 Å². The quantitative estimate of drug-likeness (QED) is 0.648. The lowest BCUT2D eigenvalue weighted by Gasteiger charge is -2.33. The van der Waals surface area contributed by atoms with E-state index in [0.717, 1.165) is 5.56 Å². The second kappa shape index (κ2) is 9.38. The molecule has 0 aliphatic carbocycles. The van der Waals surface area contributed by atoms with Gasteiger partial charge in [-0.05, 0) is 29.2 Å². The first kappa shape index (κ1) is 22.6. The highest BCUT2D eigenvalue weighted by Crippen LogP contribution is 2.27. The lowest BCUT2D eigenvalue weighted by Crippen LogP contribution is -2.56. The molecule has 0 aromatic heterocycles. The van der Waals surface area contributed by atoms with E-state index in [4.69, 9.17) is 0 Å². The van der Waals surface area contributed by atoms with Crippen molar-refractivity contribution in [2.45, 2.75) is 44.9 Å². The minimum Gasteiger partial charge on any atom is -0.406 e. The summed E-state index contributed by atoms with van der Waals surface area (Å²) in [5.74, 6) is -0.977. The fraction of sp³-hybridized carbons (Fsp3) is 0.364. The fourth-order valence-electron chi connectivity index (χ4n) is 3.47. The molecule has 1 fully saturated rings. The van der Waals surface area contributed by atoms with E-state index in [0.29, 0.717) is 5.56 Å². The number of alkyl halides is 3. The van der Waals surface area contributed by atoms with Crippen LogP contribution >= 0.6 is 0 Å². The number of halogens is 3. The summed E-state index contributed by atoms with van der Waals surface area (Å²) in [6, 6.07) is 13.4. The van der Waals surface area contributed by atoms with Crippen LogP contribution in [0.25, 0.3) is 0 Å². The summed E-state index contributed by atoms with van der Waals surface area (Å²) in [5.41, 5.74) is 1.46. The monoisotopic (exact) mass is 435 g/mol. The van der Waals surface area contributed by atoms with Gasteiger partial charge in [-0.25, -0.2) is 0 Å². The summed E-state index contributed by atoms with van der Waals surface area (Å²) < 4.78 is 41.0. The number of hydrogen-bond acceptors (Lipinski definition) is 4. The second-order valence-corrected chi connectivity index (χ2v) is 7.68. The SMILES string of the molecule is CC(C)[C@@H](NC(=O)C1CC(=O)NC(c2ccccc2)N1)c1ccc(OC(F)(F)F)cc1. The van der Waals surface area contributed by atoms with Crippen LogP contribution in [0.1, 0.15) is 43.6 Å². The molecule has 1 heterocycles. The zero-order chi connectivity index (χ0) is 22.6. The Morgan fingerprint density at radius 3 is 2.32 bits per heavy atom. The van der Waals surface area contributed by atoms with Crippen molar-refractivity contribution in [3.63, 3.8) is 0 Å². The minimum absolute atomic E-state index is 0.0155. The van der Waals surface area contributed by atoms with Gasteiger partial charge in [0.25, 0.3) is 0 Å². The Morgan fingerprint density at radius 2 is 1.74 bits per heavy atom. The van der Waals surface area contributed by atoms with E-state index in [1.165, 1.54) is 24.3 Å². The number of carbonyl (C=O) groups is 2. The lowest BCUT2D eigenvalue weighted by molar-refractivity contribution is -0.274. The van der Waals surface area contributed by atoms with Crippen LogP contribution in [0.2, 0.25) is 0 Å². The van der Waals surface area contributed by atoms with Gasteiger partial charge >= 0.3 is 6.36 Å². The molecule has 2 aromatic rings. The first-order valence-corrected chi connectivity index (χ1v) is 9.89. The van der Waals surface area contributed by atoms with Crippen LogP contribution in [0.4, 0.5) is 13.2 Å². The minimum atomic E-state index is -4.77. The maximum absolute atomic E-state index is 12.9. The molecule has 3 rings (SSSR count). The van der Waals surface area contributed by atoms with Crippen molar-refractivity contribution in [2.24, 2.45) is 5.92 Å². The maximum atomic E-state index is 12.9. The number of rotatable bonds is 6. The molecule has 1 saturated heterocycles. The fourth-order valence-corrected chi connectivity index (χ4v) is 3.47. The number of benzene rings is 2. The average molecular weight is 435 g/mol. The molecule has 1 aliphatic heterocycles. The van der Waals surface area contributed by atoms with Crippen molar-refractivity contribution in [2.75, 3.05) is 0 Å². The van der Waals surface area contributed by atoms with Crippen molar-refractivity contribution in [3.05, 3.63) is 65.7 Å². The summed E-state index contributed by atoms with van der Waals surface area (Å²) >= 11 is 0. The van der Waals surface area contributed by atoms with E-state index in [9.17, 15) is 22.8 Å². The van der Waals surface area contributed by atoms with Gasteiger partial charge in [-0.3, -0.25) is 14.9 Å². The van der Waals surface area contributed by atoms with Crippen LogP contribution in [0.3, 0.4) is 0 Å². The van der Waals surface area contributed by atoms with Crippen molar-refractivity contribution in [1.29, 1.82) is 0 Å². The Labute approximate surface area is 178 Å². The first-order chi connectivity index (χ1) is 14.6. The zero-order valence-corrected chi connectivity index (χ0v) is 17.1. The van der Waals surface area contributed by atoms with Gasteiger partial charge in [-0.1, -0.05) is 56.3 Å². The standard InChI is InChI=1S/C22H24F3N3O3/c1-13(2)19(14-8-10-16(11-9-14)31-22(23,24)25)28-21(30)17-12-18(29)27-20(26-17)15-6-4-3-5-7-15/h3-11,13,17,19-20,26H,12H2,1-2H3,(H,27,29)(H,28,30)/t17?,19-,20?/m1/s1. The Hall–Kier alpha value is -3.07. The normalized spacial score (nSPS) is 20.1. The van der Waals surface area contributed by atoms with E-state index in [1.54, 1.807) is 0 Å². The molecule has 3 atom stereocenters. The third-order valence-corrected chi connectivity index (χ3v) is 4.95. The number of nitrogens with one attached hydrogen (secondary N) is 3. The Balaban J connectivity index is 1.70. The molecule has 0 radical (unpaired) electrons. The molecule has 2 aromatic carbocycles. The van der Waals surface area contributed by atoms with E-state index >= 15 is 0 Å². The van der Waals surface area contributed by atoms with Crippen LogP contribution in [0.5, 0.6) is 5.75 Å². The summed E-state index contributed by atoms with van der Waals surface area (Å²) in [7, 11) is 0. The van der Waals surface area contributed by atoms with Gasteiger partial charge in [0.05, 0.1) is 18.5 Å². The van der Waals surface area contributed by atoms with Crippen molar-refractivity contribution >= 4 is 11.8 Å². The predicted molar refractivity (Wildman–Crippen MR) is 108 cm³/mol. The van der Waals surface area contributed by atoms with Crippen LogP contribution in [-0.4, -0.2) is 24.2 Å². The molecule has 2 unspecified atom stereocenters. The van der Waals surface area contributed by atoms with Gasteiger partial charge in [-0.15, -0.1) is 13.2 Å². The molecule has 0 bridgehead atoms. The Kier molecular flexibility index (Phi) is 6.84. The molecule has 1 aliphatic rings. The molecule has 9 heteroatoms. The largest absolute Gasteiger partial charge is 0.573 e. The van der Waals surface area contributed by atoms with Gasteiger partial charge in [0.2, 0.25) is 11.8 Å². The molecule has 166 valence electrons. The molecule has 3 N–H and O–H groups in total. The number of carbonyl (C=O) groups excluding carboxylic acids is 2. The molecule has 0 saturated carbocycles. The van der Waals surface area contributed by atoms with Gasteiger partial charge in [0.1, 0.15) is 11.9 Å². The topological polar surface area (TPSA) is 79.5 Å². The predicted octanol–water partition coefficient (Wildman–Crippen LogP) is 3.58. The van der Waals surface area contributed by atoms with Crippen molar-refractivity contribution in [3.8, 4) is 5.75 Å². The van der Waals surface area contributed by atoms with E-state index in [1.807, 2.05) is 44.2 Å².